The monoisotopic (exact) mass is 401 g/mol. The molecule has 1 unspecified atom stereocenters. The van der Waals surface area contributed by atoms with E-state index in [0.29, 0.717) is 12.6 Å². The summed E-state index contributed by atoms with van der Waals surface area (Å²) >= 11 is 0. The van der Waals surface area contributed by atoms with E-state index in [0.717, 1.165) is 6.54 Å². The molecule has 0 radical (unpaired) electrons. The molecule has 0 aliphatic heterocycles. The van der Waals surface area contributed by atoms with Gasteiger partial charge in [0.2, 0.25) is 0 Å². The van der Waals surface area contributed by atoms with Gasteiger partial charge in [-0.3, -0.25) is 4.79 Å². The van der Waals surface area contributed by atoms with Crippen molar-refractivity contribution in [3.8, 4) is 0 Å². The predicted octanol–water partition coefficient (Wildman–Crippen LogP) is 1.54. The highest BCUT2D eigenvalue weighted by atomic mass is 127. The molecule has 0 aromatic carbocycles. The molecule has 0 rings (SSSR count). The van der Waals surface area contributed by atoms with Gasteiger partial charge < -0.3 is 20.1 Å². The molecule has 0 saturated heterocycles. The molecule has 120 valence electrons. The summed E-state index contributed by atoms with van der Waals surface area (Å²) in [6.07, 6.45) is 0. The zero-order chi connectivity index (χ0) is 14.9. The average Bonchev–Trinajstić information content (AvgIpc) is 2.24. The van der Waals surface area contributed by atoms with Gasteiger partial charge in [-0.2, -0.15) is 0 Å². The number of aliphatic imine (C=N–C) groups is 1. The zero-order valence-electron chi connectivity index (χ0n) is 13.3. The van der Waals surface area contributed by atoms with Gasteiger partial charge in [0.1, 0.15) is 12.1 Å². The first-order chi connectivity index (χ1) is 8.78. The highest BCUT2D eigenvalue weighted by Crippen LogP contribution is 2.06. The van der Waals surface area contributed by atoms with Crippen LogP contribution in [0.25, 0.3) is 0 Å². The first-order valence-corrected chi connectivity index (χ1v) is 6.54. The van der Waals surface area contributed by atoms with E-state index in [4.69, 9.17) is 9.47 Å². The minimum Gasteiger partial charge on any atom is -0.459 e. The summed E-state index contributed by atoms with van der Waals surface area (Å²) in [6.45, 7) is 10.7. The van der Waals surface area contributed by atoms with Gasteiger partial charge >= 0.3 is 5.97 Å². The Bertz CT molecular complexity index is 304. The van der Waals surface area contributed by atoms with Gasteiger partial charge in [0.25, 0.3) is 0 Å². The molecule has 7 heteroatoms. The van der Waals surface area contributed by atoms with Crippen LogP contribution in [0.5, 0.6) is 0 Å². The Morgan fingerprint density at radius 2 is 1.95 bits per heavy atom. The van der Waals surface area contributed by atoms with E-state index in [9.17, 15) is 4.79 Å². The minimum atomic E-state index is -0.484. The molecule has 0 spiro atoms. The molecule has 0 aliphatic rings. The highest BCUT2D eigenvalue weighted by molar-refractivity contribution is 14.0. The largest absolute Gasteiger partial charge is 0.459 e. The number of hydrogen-bond donors (Lipinski definition) is 2. The number of methoxy groups -OCH3 is 1. The Morgan fingerprint density at radius 3 is 2.40 bits per heavy atom. The lowest BCUT2D eigenvalue weighted by Crippen LogP contribution is -2.44. The Morgan fingerprint density at radius 1 is 1.35 bits per heavy atom. The predicted molar refractivity (Wildman–Crippen MR) is 91.7 cm³/mol. The van der Waals surface area contributed by atoms with Crippen LogP contribution in [0.15, 0.2) is 4.99 Å². The lowest BCUT2D eigenvalue weighted by Gasteiger charge is -2.19. The van der Waals surface area contributed by atoms with Gasteiger partial charge in [-0.05, 0) is 34.6 Å². The number of carbonyl (C=O) groups is 1. The van der Waals surface area contributed by atoms with Gasteiger partial charge in [0, 0.05) is 19.7 Å². The molecule has 0 aliphatic carbocycles. The molecule has 0 aromatic heterocycles. The van der Waals surface area contributed by atoms with Crippen molar-refractivity contribution < 1.29 is 14.3 Å². The smallest absolute Gasteiger partial charge is 0.328 e. The van der Waals surface area contributed by atoms with Crippen molar-refractivity contribution in [3.63, 3.8) is 0 Å². The molecule has 0 saturated carbocycles. The van der Waals surface area contributed by atoms with Crippen LogP contribution in [0.1, 0.15) is 34.6 Å². The molecule has 0 bridgehead atoms. The van der Waals surface area contributed by atoms with E-state index in [1.807, 2.05) is 34.6 Å². The van der Waals surface area contributed by atoms with Crippen molar-refractivity contribution in [1.29, 1.82) is 0 Å². The van der Waals surface area contributed by atoms with Crippen molar-refractivity contribution in [2.45, 2.75) is 46.3 Å². The van der Waals surface area contributed by atoms with E-state index >= 15 is 0 Å². The summed E-state index contributed by atoms with van der Waals surface area (Å²) in [5.74, 6) is 0.238. The third kappa shape index (κ3) is 12.5. The fourth-order valence-corrected chi connectivity index (χ4v) is 1.36. The number of esters is 1. The first kappa shape index (κ1) is 21.7. The summed E-state index contributed by atoms with van der Waals surface area (Å²) in [6, 6.07) is 0.112. The van der Waals surface area contributed by atoms with E-state index < -0.39 is 5.60 Å². The maximum absolute atomic E-state index is 11.6. The van der Waals surface area contributed by atoms with Crippen LogP contribution >= 0.6 is 24.0 Å². The lowest BCUT2D eigenvalue weighted by molar-refractivity contribution is -0.152. The summed E-state index contributed by atoms with van der Waals surface area (Å²) in [5.41, 5.74) is -0.484. The Labute approximate surface area is 139 Å². The fourth-order valence-electron chi connectivity index (χ4n) is 1.36. The van der Waals surface area contributed by atoms with Gasteiger partial charge in [-0.25, -0.2) is 4.99 Å². The van der Waals surface area contributed by atoms with Crippen LogP contribution in [-0.4, -0.2) is 50.4 Å². The number of halogens is 1. The van der Waals surface area contributed by atoms with Crippen LogP contribution < -0.4 is 10.6 Å². The molecule has 0 fully saturated rings. The second-order valence-electron chi connectivity index (χ2n) is 5.28. The standard InChI is InChI=1S/C13H27N3O3.HI/c1-7-14-12(16-10(2)9-18-6)15-8-11(17)19-13(3,4)5;/h10H,7-9H2,1-6H3,(H2,14,15,16);1H. The summed E-state index contributed by atoms with van der Waals surface area (Å²) < 4.78 is 10.2. The molecule has 0 amide bonds. The molecular weight excluding hydrogens is 373 g/mol. The zero-order valence-corrected chi connectivity index (χ0v) is 15.6. The third-order valence-corrected chi connectivity index (χ3v) is 1.93. The van der Waals surface area contributed by atoms with E-state index in [2.05, 4.69) is 15.6 Å². The molecule has 20 heavy (non-hydrogen) atoms. The van der Waals surface area contributed by atoms with Crippen molar-refractivity contribution in [2.24, 2.45) is 4.99 Å². The van der Waals surface area contributed by atoms with Crippen molar-refractivity contribution in [3.05, 3.63) is 0 Å². The van der Waals surface area contributed by atoms with Crippen molar-refractivity contribution >= 4 is 35.9 Å². The SMILES string of the molecule is CCNC(=NCC(=O)OC(C)(C)C)NC(C)COC.I. The number of nitrogens with one attached hydrogen (secondary N) is 2. The quantitative estimate of drug-likeness (QED) is 0.306. The van der Waals surface area contributed by atoms with Crippen LogP contribution in [0.3, 0.4) is 0 Å². The minimum absolute atomic E-state index is 0. The van der Waals surface area contributed by atoms with Crippen LogP contribution in [0, 0.1) is 0 Å². The van der Waals surface area contributed by atoms with Crippen LogP contribution in [-0.2, 0) is 14.3 Å². The summed E-state index contributed by atoms with van der Waals surface area (Å²) in [5, 5.41) is 6.21. The van der Waals surface area contributed by atoms with Crippen LogP contribution in [0.2, 0.25) is 0 Å². The van der Waals surface area contributed by atoms with Crippen molar-refractivity contribution in [2.75, 3.05) is 26.8 Å². The van der Waals surface area contributed by atoms with Crippen molar-refractivity contribution in [1.82, 2.24) is 10.6 Å². The van der Waals surface area contributed by atoms with Gasteiger partial charge in [-0.15, -0.1) is 24.0 Å². The first-order valence-electron chi connectivity index (χ1n) is 6.54. The van der Waals surface area contributed by atoms with E-state index in [1.165, 1.54) is 0 Å². The molecular formula is C13H28IN3O3. The second kappa shape index (κ2) is 11.1. The second-order valence-corrected chi connectivity index (χ2v) is 5.28. The highest BCUT2D eigenvalue weighted by Gasteiger charge is 2.16. The fraction of sp³-hybridized carbons (Fsp3) is 0.846. The molecule has 1 atom stereocenters. The van der Waals surface area contributed by atoms with Gasteiger partial charge in [0.15, 0.2) is 5.96 Å². The normalized spacial score (nSPS) is 13.2. The Balaban J connectivity index is 0. The molecule has 2 N–H and O–H groups in total. The maximum Gasteiger partial charge on any atom is 0.328 e. The number of hydrogen-bond acceptors (Lipinski definition) is 4. The topological polar surface area (TPSA) is 72.0 Å². The van der Waals surface area contributed by atoms with Gasteiger partial charge in [-0.1, -0.05) is 0 Å². The Kier molecular flexibility index (Phi) is 12.1. The number of rotatable bonds is 6. The van der Waals surface area contributed by atoms with Gasteiger partial charge in [0.05, 0.1) is 6.61 Å². The average molecular weight is 401 g/mol. The van der Waals surface area contributed by atoms with E-state index in [-0.39, 0.29) is 42.5 Å². The maximum atomic E-state index is 11.6. The number of ether oxygens (including phenoxy) is 2. The molecule has 0 aromatic rings. The summed E-state index contributed by atoms with van der Waals surface area (Å²) in [4.78, 5) is 15.8. The number of carbonyl (C=O) groups excluding carboxylic acids is 1. The third-order valence-electron chi connectivity index (χ3n) is 1.93. The van der Waals surface area contributed by atoms with E-state index in [1.54, 1.807) is 7.11 Å². The molecule has 0 heterocycles. The number of guanidine groups is 1. The number of nitrogens with zero attached hydrogens (tertiary/aromatic N) is 1. The summed E-state index contributed by atoms with van der Waals surface area (Å²) in [7, 11) is 1.64. The van der Waals surface area contributed by atoms with Crippen LogP contribution in [0.4, 0.5) is 0 Å². The Hall–Kier alpha value is -0.570. The molecule has 6 nitrogen and oxygen atoms in total. The lowest BCUT2D eigenvalue weighted by atomic mass is 10.2.